The first-order valence-electron chi connectivity index (χ1n) is 7.21. The molecule has 0 bridgehead atoms. The van der Waals surface area contributed by atoms with Crippen LogP contribution in [0.1, 0.15) is 33.3 Å². The lowest BCUT2D eigenvalue weighted by Gasteiger charge is -2.22. The van der Waals surface area contributed by atoms with Gasteiger partial charge in [-0.3, -0.25) is 4.90 Å². The van der Waals surface area contributed by atoms with Crippen LogP contribution in [-0.2, 0) is 11.3 Å². The van der Waals surface area contributed by atoms with Gasteiger partial charge in [0.1, 0.15) is 0 Å². The van der Waals surface area contributed by atoms with Crippen LogP contribution in [0.5, 0.6) is 0 Å². The van der Waals surface area contributed by atoms with Crippen LogP contribution in [0.15, 0.2) is 24.3 Å². The highest BCUT2D eigenvalue weighted by atomic mass is 16.5. The summed E-state index contributed by atoms with van der Waals surface area (Å²) in [6, 6.07) is 8.95. The van der Waals surface area contributed by atoms with Crippen molar-refractivity contribution in [2.45, 2.75) is 46.4 Å². The van der Waals surface area contributed by atoms with Gasteiger partial charge in [0.15, 0.2) is 0 Å². The summed E-state index contributed by atoms with van der Waals surface area (Å²) in [5.74, 6) is 0. The van der Waals surface area contributed by atoms with E-state index >= 15 is 0 Å². The van der Waals surface area contributed by atoms with Gasteiger partial charge in [-0.15, -0.1) is 0 Å². The Balaban J connectivity index is 2.66. The van der Waals surface area contributed by atoms with Crippen molar-refractivity contribution in [3.05, 3.63) is 29.8 Å². The first-order chi connectivity index (χ1) is 9.10. The lowest BCUT2D eigenvalue weighted by molar-refractivity contribution is 0.106. The summed E-state index contributed by atoms with van der Waals surface area (Å²) < 4.78 is 5.34. The molecule has 0 fully saturated rings. The molecule has 0 aliphatic carbocycles. The molecule has 0 aliphatic rings. The number of hydrogen-bond donors (Lipinski definition) is 1. The Labute approximate surface area is 118 Å². The van der Waals surface area contributed by atoms with Gasteiger partial charge in [0.25, 0.3) is 0 Å². The lowest BCUT2D eigenvalue weighted by Crippen LogP contribution is -2.29. The van der Waals surface area contributed by atoms with E-state index in [1.54, 1.807) is 7.11 Å². The Hall–Kier alpha value is -1.06. The van der Waals surface area contributed by atoms with E-state index in [1.807, 2.05) is 0 Å². The normalized spacial score (nSPS) is 14.4. The molecular formula is C16H28N2O. The minimum absolute atomic E-state index is 0.200. The van der Waals surface area contributed by atoms with E-state index in [0.717, 1.165) is 19.6 Å². The van der Waals surface area contributed by atoms with Gasteiger partial charge >= 0.3 is 0 Å². The maximum absolute atomic E-state index is 5.34. The molecule has 0 saturated carbocycles. The summed E-state index contributed by atoms with van der Waals surface area (Å²) in [5, 5.41) is 3.50. The number of rotatable bonds is 8. The molecule has 1 rings (SSSR count). The molecule has 3 nitrogen and oxygen atoms in total. The Morgan fingerprint density at radius 1 is 1.21 bits per heavy atom. The molecule has 0 spiro atoms. The lowest BCUT2D eigenvalue weighted by atomic mass is 10.1. The largest absolute Gasteiger partial charge is 0.380 e. The highest BCUT2D eigenvalue weighted by Gasteiger charge is 2.10. The average molecular weight is 264 g/mol. The third-order valence-electron chi connectivity index (χ3n) is 3.70. The summed E-state index contributed by atoms with van der Waals surface area (Å²) in [4.78, 5) is 2.42. The van der Waals surface area contributed by atoms with E-state index in [9.17, 15) is 0 Å². The summed E-state index contributed by atoms with van der Waals surface area (Å²) in [6.45, 7) is 11.8. The number of nitrogens with one attached hydrogen (secondary N) is 1. The fourth-order valence-electron chi connectivity index (χ4n) is 2.05. The van der Waals surface area contributed by atoms with E-state index < -0.39 is 0 Å². The molecule has 0 aliphatic heterocycles. The zero-order valence-electron chi connectivity index (χ0n) is 12.9. The molecule has 108 valence electrons. The Morgan fingerprint density at radius 2 is 1.89 bits per heavy atom. The van der Waals surface area contributed by atoms with Crippen molar-refractivity contribution in [1.82, 2.24) is 4.90 Å². The fourth-order valence-corrected chi connectivity index (χ4v) is 2.05. The van der Waals surface area contributed by atoms with Crippen molar-refractivity contribution in [2.75, 3.05) is 25.5 Å². The van der Waals surface area contributed by atoms with Crippen LogP contribution in [0.4, 0.5) is 5.69 Å². The average Bonchev–Trinajstić information content (AvgIpc) is 2.44. The van der Waals surface area contributed by atoms with Crippen LogP contribution in [0.25, 0.3) is 0 Å². The Bertz CT molecular complexity index is 364. The summed E-state index contributed by atoms with van der Waals surface area (Å²) in [7, 11) is 1.75. The Morgan fingerprint density at radius 3 is 2.47 bits per heavy atom. The van der Waals surface area contributed by atoms with Crippen LogP contribution in [0, 0.1) is 0 Å². The maximum Gasteiger partial charge on any atom is 0.0741 e. The molecule has 0 heterocycles. The summed E-state index contributed by atoms with van der Waals surface area (Å²) >= 11 is 0. The quantitative estimate of drug-likeness (QED) is 0.779. The van der Waals surface area contributed by atoms with E-state index in [-0.39, 0.29) is 6.10 Å². The molecule has 1 aromatic rings. The van der Waals surface area contributed by atoms with Crippen LogP contribution >= 0.6 is 0 Å². The zero-order chi connectivity index (χ0) is 14.3. The second-order valence-corrected chi connectivity index (χ2v) is 5.04. The van der Waals surface area contributed by atoms with Gasteiger partial charge in [-0.2, -0.15) is 0 Å². The van der Waals surface area contributed by atoms with Gasteiger partial charge in [-0.25, -0.2) is 0 Å². The summed E-state index contributed by atoms with van der Waals surface area (Å²) in [6.07, 6.45) is 0.200. The third-order valence-corrected chi connectivity index (χ3v) is 3.70. The molecule has 19 heavy (non-hydrogen) atoms. The van der Waals surface area contributed by atoms with Crippen molar-refractivity contribution in [1.29, 1.82) is 0 Å². The smallest absolute Gasteiger partial charge is 0.0741 e. The second kappa shape index (κ2) is 8.18. The van der Waals surface area contributed by atoms with Crippen LogP contribution in [0.3, 0.4) is 0 Å². The predicted molar refractivity (Wildman–Crippen MR) is 82.6 cm³/mol. The molecule has 0 amide bonds. The van der Waals surface area contributed by atoms with Gasteiger partial charge in [-0.1, -0.05) is 26.0 Å². The highest BCUT2D eigenvalue weighted by Crippen LogP contribution is 2.15. The molecule has 2 unspecified atom stereocenters. The second-order valence-electron chi connectivity index (χ2n) is 5.04. The zero-order valence-corrected chi connectivity index (χ0v) is 12.9. The van der Waals surface area contributed by atoms with E-state index in [2.05, 4.69) is 62.2 Å². The highest BCUT2D eigenvalue weighted by molar-refractivity contribution is 5.46. The van der Waals surface area contributed by atoms with Crippen molar-refractivity contribution in [2.24, 2.45) is 0 Å². The van der Waals surface area contributed by atoms with Gasteiger partial charge in [0.2, 0.25) is 0 Å². The van der Waals surface area contributed by atoms with Crippen molar-refractivity contribution in [3.63, 3.8) is 0 Å². The van der Waals surface area contributed by atoms with Crippen molar-refractivity contribution >= 4 is 5.69 Å². The minimum Gasteiger partial charge on any atom is -0.380 e. The monoisotopic (exact) mass is 264 g/mol. The third kappa shape index (κ3) is 5.21. The SMILES string of the molecule is CCN(CC)Cc1cccc(NC(C)C(C)OC)c1. The molecule has 1 aromatic carbocycles. The number of methoxy groups -OCH3 is 1. The molecule has 2 atom stereocenters. The molecule has 1 N–H and O–H groups in total. The number of ether oxygens (including phenoxy) is 1. The van der Waals surface area contributed by atoms with Crippen molar-refractivity contribution in [3.8, 4) is 0 Å². The number of nitrogens with zero attached hydrogens (tertiary/aromatic N) is 1. The maximum atomic E-state index is 5.34. The van der Waals surface area contributed by atoms with Crippen LogP contribution in [0.2, 0.25) is 0 Å². The fraction of sp³-hybridized carbons (Fsp3) is 0.625. The van der Waals surface area contributed by atoms with Crippen LogP contribution < -0.4 is 5.32 Å². The van der Waals surface area contributed by atoms with Gasteiger partial charge < -0.3 is 10.1 Å². The van der Waals surface area contributed by atoms with Gasteiger partial charge in [0, 0.05) is 25.4 Å². The number of hydrogen-bond acceptors (Lipinski definition) is 3. The van der Waals surface area contributed by atoms with E-state index in [4.69, 9.17) is 4.74 Å². The summed E-state index contributed by atoms with van der Waals surface area (Å²) in [5.41, 5.74) is 2.52. The molecule has 3 heteroatoms. The number of benzene rings is 1. The standard InChI is InChI=1S/C16H28N2O/c1-6-18(7-2)12-15-9-8-10-16(11-15)17-13(3)14(4)19-5/h8-11,13-14,17H,6-7,12H2,1-5H3. The van der Waals surface area contributed by atoms with Crippen molar-refractivity contribution < 1.29 is 4.74 Å². The molecule has 0 saturated heterocycles. The van der Waals surface area contributed by atoms with E-state index in [0.29, 0.717) is 6.04 Å². The van der Waals surface area contributed by atoms with E-state index in [1.165, 1.54) is 11.3 Å². The predicted octanol–water partition coefficient (Wildman–Crippen LogP) is 3.36. The molecular weight excluding hydrogens is 236 g/mol. The molecule has 0 radical (unpaired) electrons. The van der Waals surface area contributed by atoms with Crippen LogP contribution in [-0.4, -0.2) is 37.2 Å². The minimum atomic E-state index is 0.200. The van der Waals surface area contributed by atoms with Gasteiger partial charge in [0.05, 0.1) is 6.10 Å². The topological polar surface area (TPSA) is 24.5 Å². The molecule has 0 aromatic heterocycles. The number of anilines is 1. The first-order valence-corrected chi connectivity index (χ1v) is 7.21. The Kier molecular flexibility index (Phi) is 6.89. The van der Waals surface area contributed by atoms with Gasteiger partial charge in [-0.05, 0) is 44.6 Å². The first kappa shape index (κ1) is 16.0.